The van der Waals surface area contributed by atoms with E-state index < -0.39 is 5.54 Å². The lowest BCUT2D eigenvalue weighted by Crippen LogP contribution is -2.40. The van der Waals surface area contributed by atoms with E-state index >= 15 is 0 Å². The van der Waals surface area contributed by atoms with Crippen molar-refractivity contribution >= 4 is 55.2 Å². The topological polar surface area (TPSA) is 87.2 Å². The SMILES string of the molecule is CC1(C)NC(=O)N(CCNc2ncc(Br)c(-c3cc4ccccc4s3)n2)C1=O. The number of imide groups is 1. The van der Waals surface area contributed by atoms with Crippen molar-refractivity contribution in [1.29, 1.82) is 0 Å². The Bertz CT molecular complexity index is 1050. The predicted octanol–water partition coefficient (Wildman–Crippen LogP) is 3.86. The van der Waals surface area contributed by atoms with E-state index in [0.717, 1.165) is 15.0 Å². The van der Waals surface area contributed by atoms with Gasteiger partial charge in [0.2, 0.25) is 5.95 Å². The molecule has 0 radical (unpaired) electrons. The summed E-state index contributed by atoms with van der Waals surface area (Å²) in [6.45, 7) is 3.99. The lowest BCUT2D eigenvalue weighted by atomic mass is 10.1. The van der Waals surface area contributed by atoms with E-state index in [1.165, 1.54) is 15.0 Å². The van der Waals surface area contributed by atoms with Crippen LogP contribution in [0.15, 0.2) is 41.0 Å². The first-order chi connectivity index (χ1) is 13.3. The van der Waals surface area contributed by atoms with Crippen LogP contribution in [0.5, 0.6) is 0 Å². The minimum Gasteiger partial charge on any atom is -0.352 e. The van der Waals surface area contributed by atoms with Crippen LogP contribution in [0.2, 0.25) is 0 Å². The first-order valence-corrected chi connectivity index (χ1v) is 10.4. The molecule has 2 aromatic heterocycles. The van der Waals surface area contributed by atoms with Gasteiger partial charge in [-0.2, -0.15) is 0 Å². The highest BCUT2D eigenvalue weighted by molar-refractivity contribution is 9.10. The Kier molecular flexibility index (Phi) is 4.80. The summed E-state index contributed by atoms with van der Waals surface area (Å²) in [7, 11) is 0. The van der Waals surface area contributed by atoms with E-state index in [-0.39, 0.29) is 18.5 Å². The summed E-state index contributed by atoms with van der Waals surface area (Å²) in [5.41, 5.74) is -0.0608. The van der Waals surface area contributed by atoms with Crippen LogP contribution < -0.4 is 10.6 Å². The zero-order valence-corrected chi connectivity index (χ0v) is 17.7. The molecule has 0 aliphatic carbocycles. The van der Waals surface area contributed by atoms with E-state index in [1.807, 2.05) is 12.1 Å². The molecule has 0 bridgehead atoms. The number of carbonyl (C=O) groups is 2. The van der Waals surface area contributed by atoms with Crippen molar-refractivity contribution in [2.24, 2.45) is 0 Å². The van der Waals surface area contributed by atoms with Crippen molar-refractivity contribution in [3.05, 3.63) is 41.0 Å². The number of benzene rings is 1. The monoisotopic (exact) mass is 459 g/mol. The van der Waals surface area contributed by atoms with E-state index in [9.17, 15) is 9.59 Å². The van der Waals surface area contributed by atoms with Gasteiger partial charge in [0, 0.05) is 24.0 Å². The number of thiophene rings is 1. The molecule has 1 fully saturated rings. The summed E-state index contributed by atoms with van der Waals surface area (Å²) in [5, 5.41) is 6.93. The van der Waals surface area contributed by atoms with Gasteiger partial charge in [-0.1, -0.05) is 18.2 Å². The van der Waals surface area contributed by atoms with Crippen LogP contribution in [0.1, 0.15) is 13.8 Å². The maximum Gasteiger partial charge on any atom is 0.325 e. The molecule has 1 aliphatic heterocycles. The van der Waals surface area contributed by atoms with Crippen LogP contribution in [0.3, 0.4) is 0 Å². The molecule has 28 heavy (non-hydrogen) atoms. The Hall–Kier alpha value is -2.52. The first-order valence-electron chi connectivity index (χ1n) is 8.74. The van der Waals surface area contributed by atoms with E-state index in [1.54, 1.807) is 31.4 Å². The molecule has 1 aliphatic rings. The van der Waals surface area contributed by atoms with Gasteiger partial charge in [0.05, 0.1) is 9.35 Å². The molecule has 3 amide bonds. The van der Waals surface area contributed by atoms with Crippen LogP contribution in [-0.2, 0) is 4.79 Å². The number of rotatable bonds is 5. The fourth-order valence-corrected chi connectivity index (χ4v) is 4.63. The second-order valence-electron chi connectivity index (χ2n) is 6.98. The Morgan fingerprint density at radius 1 is 1.29 bits per heavy atom. The number of hydrogen-bond acceptors (Lipinski definition) is 6. The fourth-order valence-electron chi connectivity index (χ4n) is 3.02. The lowest BCUT2D eigenvalue weighted by molar-refractivity contribution is -0.130. The Balaban J connectivity index is 1.48. The maximum atomic E-state index is 12.2. The number of nitrogens with zero attached hydrogens (tertiary/aromatic N) is 3. The molecule has 7 nitrogen and oxygen atoms in total. The highest BCUT2D eigenvalue weighted by Crippen LogP contribution is 2.36. The summed E-state index contributed by atoms with van der Waals surface area (Å²) in [6, 6.07) is 9.91. The Morgan fingerprint density at radius 3 is 2.79 bits per heavy atom. The van der Waals surface area contributed by atoms with Crippen LogP contribution in [0.4, 0.5) is 10.7 Å². The molecular weight excluding hydrogens is 442 g/mol. The van der Waals surface area contributed by atoms with Crippen LogP contribution in [0.25, 0.3) is 20.7 Å². The van der Waals surface area contributed by atoms with Gasteiger partial charge in [0.25, 0.3) is 5.91 Å². The van der Waals surface area contributed by atoms with Crippen molar-refractivity contribution < 1.29 is 9.59 Å². The fraction of sp³-hybridized carbons (Fsp3) is 0.263. The van der Waals surface area contributed by atoms with Gasteiger partial charge in [0.1, 0.15) is 11.2 Å². The van der Waals surface area contributed by atoms with Gasteiger partial charge >= 0.3 is 6.03 Å². The molecule has 1 saturated heterocycles. The molecule has 144 valence electrons. The van der Waals surface area contributed by atoms with E-state index in [2.05, 4.69) is 54.7 Å². The summed E-state index contributed by atoms with van der Waals surface area (Å²) in [6.07, 6.45) is 1.70. The Morgan fingerprint density at radius 2 is 2.07 bits per heavy atom. The van der Waals surface area contributed by atoms with Gasteiger partial charge in [-0.15, -0.1) is 11.3 Å². The molecule has 3 heterocycles. The van der Waals surface area contributed by atoms with Crippen LogP contribution in [-0.4, -0.2) is 45.4 Å². The summed E-state index contributed by atoms with van der Waals surface area (Å²) in [4.78, 5) is 35.3. The summed E-state index contributed by atoms with van der Waals surface area (Å²) >= 11 is 5.19. The molecule has 4 rings (SSSR count). The van der Waals surface area contributed by atoms with E-state index in [0.29, 0.717) is 12.5 Å². The predicted molar refractivity (Wildman–Crippen MR) is 113 cm³/mol. The third-order valence-electron chi connectivity index (χ3n) is 4.47. The number of fused-ring (bicyclic) bond motifs is 1. The van der Waals surface area contributed by atoms with Gasteiger partial charge in [-0.25, -0.2) is 14.8 Å². The zero-order chi connectivity index (χ0) is 19.9. The molecule has 2 N–H and O–H groups in total. The number of urea groups is 1. The number of nitrogens with one attached hydrogen (secondary N) is 2. The summed E-state index contributed by atoms with van der Waals surface area (Å²) < 4.78 is 2.00. The molecule has 0 atom stereocenters. The molecular formula is C19H18BrN5O2S. The average Bonchev–Trinajstić information content (AvgIpc) is 3.16. The molecule has 0 spiro atoms. The van der Waals surface area contributed by atoms with Gasteiger partial charge < -0.3 is 10.6 Å². The standard InChI is InChI=1S/C19H18BrN5O2S/c1-19(2)16(26)25(18(27)24-19)8-7-21-17-22-10-12(20)15(23-17)14-9-11-5-3-4-6-13(11)28-14/h3-6,9-10H,7-8H2,1-2H3,(H,24,27)(H,21,22,23). The highest BCUT2D eigenvalue weighted by Gasteiger charge is 2.43. The molecule has 1 aromatic carbocycles. The molecule has 9 heteroatoms. The number of halogens is 1. The number of anilines is 1. The van der Waals surface area contributed by atoms with Crippen LogP contribution >= 0.6 is 27.3 Å². The Labute approximate surface area is 174 Å². The first kappa shape index (κ1) is 18.8. The van der Waals surface area contributed by atoms with Gasteiger partial charge in [0.15, 0.2) is 0 Å². The molecule has 0 unspecified atom stereocenters. The number of hydrogen-bond donors (Lipinski definition) is 2. The van der Waals surface area contributed by atoms with Crippen molar-refractivity contribution in [3.8, 4) is 10.6 Å². The summed E-state index contributed by atoms with van der Waals surface area (Å²) in [5.74, 6) is 0.212. The quantitative estimate of drug-likeness (QED) is 0.565. The second-order valence-corrected chi connectivity index (χ2v) is 8.92. The van der Waals surface area contributed by atoms with Crippen molar-refractivity contribution in [2.45, 2.75) is 19.4 Å². The zero-order valence-electron chi connectivity index (χ0n) is 15.3. The van der Waals surface area contributed by atoms with Gasteiger partial charge in [-0.3, -0.25) is 9.69 Å². The number of aromatic nitrogens is 2. The molecule has 3 aromatic rings. The smallest absolute Gasteiger partial charge is 0.325 e. The third kappa shape index (κ3) is 3.47. The minimum absolute atomic E-state index is 0.234. The maximum absolute atomic E-state index is 12.2. The number of amides is 3. The third-order valence-corrected chi connectivity index (χ3v) is 6.17. The van der Waals surface area contributed by atoms with Crippen molar-refractivity contribution in [3.63, 3.8) is 0 Å². The van der Waals surface area contributed by atoms with Crippen LogP contribution in [0, 0.1) is 0 Å². The average molecular weight is 460 g/mol. The normalized spacial score (nSPS) is 15.9. The second kappa shape index (κ2) is 7.14. The van der Waals surface area contributed by atoms with Crippen molar-refractivity contribution in [2.75, 3.05) is 18.4 Å². The number of carbonyl (C=O) groups excluding carboxylic acids is 2. The van der Waals surface area contributed by atoms with E-state index in [4.69, 9.17) is 0 Å². The van der Waals surface area contributed by atoms with Gasteiger partial charge in [-0.05, 0) is 47.3 Å². The molecule has 0 saturated carbocycles. The largest absolute Gasteiger partial charge is 0.352 e. The highest BCUT2D eigenvalue weighted by atomic mass is 79.9. The lowest BCUT2D eigenvalue weighted by Gasteiger charge is -2.16. The minimum atomic E-state index is -0.862. The van der Waals surface area contributed by atoms with Crippen molar-refractivity contribution in [1.82, 2.24) is 20.2 Å².